The maximum Gasteiger partial charge on any atom is 0.264 e. The fourth-order valence-electron chi connectivity index (χ4n) is 3.00. The smallest absolute Gasteiger partial charge is 0.264 e. The number of carbonyl (C=O) groups is 1. The highest BCUT2D eigenvalue weighted by molar-refractivity contribution is 7.98. The molecule has 0 aliphatic rings. The summed E-state index contributed by atoms with van der Waals surface area (Å²) in [6.45, 7) is 0.142. The van der Waals surface area contributed by atoms with Crippen LogP contribution in [0.25, 0.3) is 0 Å². The number of sulfonamides is 1. The van der Waals surface area contributed by atoms with Gasteiger partial charge < -0.3 is 5.32 Å². The Bertz CT molecular complexity index is 1140. The van der Waals surface area contributed by atoms with Gasteiger partial charge in [-0.05, 0) is 66.3 Å². The van der Waals surface area contributed by atoms with Crippen molar-refractivity contribution in [1.82, 2.24) is 5.32 Å². The number of nitrogens with one attached hydrogen (secondary N) is 1. The Labute approximate surface area is 209 Å². The van der Waals surface area contributed by atoms with E-state index < -0.39 is 10.0 Å². The Morgan fingerprint density at radius 2 is 1.48 bits per heavy atom. The molecule has 0 radical (unpaired) electrons. The first-order chi connectivity index (χ1) is 15.9. The number of nitrogens with zero attached hydrogens (tertiary/aromatic N) is 1. The fourth-order valence-corrected chi connectivity index (χ4v) is 5.62. The van der Waals surface area contributed by atoms with Crippen molar-refractivity contribution in [3.63, 3.8) is 0 Å². The van der Waals surface area contributed by atoms with Crippen molar-refractivity contribution in [2.24, 2.45) is 0 Å². The van der Waals surface area contributed by atoms with E-state index in [1.807, 2.05) is 24.3 Å². The van der Waals surface area contributed by atoms with Crippen LogP contribution in [0.3, 0.4) is 0 Å². The maximum atomic E-state index is 13.2. The minimum absolute atomic E-state index is 0.117. The molecule has 1 amide bonds. The molecule has 0 saturated carbocycles. The molecule has 0 bridgehead atoms. The molecule has 0 heterocycles. The minimum Gasteiger partial charge on any atom is -0.354 e. The van der Waals surface area contributed by atoms with Crippen molar-refractivity contribution in [3.8, 4) is 0 Å². The Balaban J connectivity index is 1.55. The molecule has 0 atom stereocenters. The molecule has 3 rings (SSSR count). The molecule has 0 aliphatic heterocycles. The van der Waals surface area contributed by atoms with E-state index in [4.69, 9.17) is 23.2 Å². The molecule has 0 fully saturated rings. The van der Waals surface area contributed by atoms with Gasteiger partial charge in [-0.15, -0.1) is 0 Å². The third kappa shape index (κ3) is 7.67. The quantitative estimate of drug-likeness (QED) is 0.331. The predicted molar refractivity (Wildman–Crippen MR) is 138 cm³/mol. The zero-order valence-electron chi connectivity index (χ0n) is 17.8. The number of benzene rings is 3. The summed E-state index contributed by atoms with van der Waals surface area (Å²) in [5, 5.41) is 4.02. The standard InChI is InChI=1S/C24H24Cl2N2O3S2/c25-20-9-7-19(8-10-20)18-32-16-4-15-27-24(29)17-28(22-13-11-21(26)12-14-22)33(30,31)23-5-2-1-3-6-23/h1-3,5-14H,4,15-18H2,(H,27,29). The number of hydrogen-bond acceptors (Lipinski definition) is 4. The first kappa shape index (κ1) is 25.4. The minimum atomic E-state index is -3.92. The average molecular weight is 524 g/mol. The number of amides is 1. The number of thioether (sulfide) groups is 1. The van der Waals surface area contributed by atoms with Gasteiger partial charge in [0.05, 0.1) is 10.6 Å². The van der Waals surface area contributed by atoms with Gasteiger partial charge in [0.15, 0.2) is 0 Å². The lowest BCUT2D eigenvalue weighted by Gasteiger charge is -2.24. The number of hydrogen-bond donors (Lipinski definition) is 1. The lowest BCUT2D eigenvalue weighted by Crippen LogP contribution is -2.41. The van der Waals surface area contributed by atoms with Gasteiger partial charge >= 0.3 is 0 Å². The molecule has 0 aromatic heterocycles. The van der Waals surface area contributed by atoms with E-state index in [1.165, 1.54) is 17.7 Å². The van der Waals surface area contributed by atoms with Crippen molar-refractivity contribution in [1.29, 1.82) is 0 Å². The van der Waals surface area contributed by atoms with Crippen molar-refractivity contribution < 1.29 is 13.2 Å². The van der Waals surface area contributed by atoms with Gasteiger partial charge in [0, 0.05) is 22.3 Å². The fraction of sp³-hybridized carbons (Fsp3) is 0.208. The van der Waals surface area contributed by atoms with Crippen LogP contribution < -0.4 is 9.62 Å². The second kappa shape index (κ2) is 12.3. The second-order valence-electron chi connectivity index (χ2n) is 7.18. The topological polar surface area (TPSA) is 66.5 Å². The Kier molecular flexibility index (Phi) is 9.50. The first-order valence-corrected chi connectivity index (χ1v) is 13.6. The van der Waals surface area contributed by atoms with Gasteiger partial charge in [-0.1, -0.05) is 53.5 Å². The zero-order valence-corrected chi connectivity index (χ0v) is 20.9. The van der Waals surface area contributed by atoms with Gasteiger partial charge in [-0.25, -0.2) is 8.42 Å². The molecule has 1 N–H and O–H groups in total. The van der Waals surface area contributed by atoms with Crippen LogP contribution >= 0.6 is 35.0 Å². The Morgan fingerprint density at radius 1 is 0.879 bits per heavy atom. The van der Waals surface area contributed by atoms with Crippen molar-refractivity contribution in [2.75, 3.05) is 23.1 Å². The third-order valence-electron chi connectivity index (χ3n) is 4.70. The lowest BCUT2D eigenvalue weighted by atomic mass is 10.2. The summed E-state index contributed by atoms with van der Waals surface area (Å²) < 4.78 is 27.6. The third-order valence-corrected chi connectivity index (χ3v) is 8.11. The molecule has 0 saturated heterocycles. The highest BCUT2D eigenvalue weighted by atomic mass is 35.5. The maximum absolute atomic E-state index is 13.2. The first-order valence-electron chi connectivity index (χ1n) is 10.3. The van der Waals surface area contributed by atoms with Crippen LogP contribution in [0.1, 0.15) is 12.0 Å². The van der Waals surface area contributed by atoms with Crippen LogP contribution in [0, 0.1) is 0 Å². The zero-order chi connectivity index (χ0) is 23.7. The summed E-state index contributed by atoms with van der Waals surface area (Å²) in [5.41, 5.74) is 1.56. The molecule has 174 valence electrons. The summed E-state index contributed by atoms with van der Waals surface area (Å²) in [6.07, 6.45) is 0.774. The van der Waals surface area contributed by atoms with Crippen molar-refractivity contribution in [3.05, 3.63) is 94.5 Å². The monoisotopic (exact) mass is 522 g/mol. The summed E-state index contributed by atoms with van der Waals surface area (Å²) in [5.74, 6) is 1.36. The van der Waals surface area contributed by atoms with Crippen LogP contribution in [-0.2, 0) is 20.6 Å². The van der Waals surface area contributed by atoms with Crippen molar-refractivity contribution >= 4 is 56.6 Å². The number of carbonyl (C=O) groups excluding carboxylic acids is 1. The van der Waals surface area contributed by atoms with E-state index in [0.717, 1.165) is 22.2 Å². The highest BCUT2D eigenvalue weighted by Crippen LogP contribution is 2.25. The van der Waals surface area contributed by atoms with Crippen LogP contribution in [-0.4, -0.2) is 33.2 Å². The van der Waals surface area contributed by atoms with Crippen LogP contribution in [0.2, 0.25) is 10.0 Å². The van der Waals surface area contributed by atoms with Gasteiger partial charge in [0.2, 0.25) is 5.91 Å². The van der Waals surface area contributed by atoms with E-state index in [2.05, 4.69) is 5.32 Å². The number of halogens is 2. The number of rotatable bonds is 11. The summed E-state index contributed by atoms with van der Waals surface area (Å²) in [7, 11) is -3.92. The van der Waals surface area contributed by atoms with Gasteiger partial charge in [-0.2, -0.15) is 11.8 Å². The lowest BCUT2D eigenvalue weighted by molar-refractivity contribution is -0.119. The molecule has 9 heteroatoms. The van der Waals surface area contributed by atoms with E-state index in [0.29, 0.717) is 22.3 Å². The number of anilines is 1. The van der Waals surface area contributed by atoms with Crippen LogP contribution in [0.4, 0.5) is 5.69 Å². The molecular formula is C24H24Cl2N2O3S2. The molecule has 3 aromatic carbocycles. The Hall–Kier alpha value is -2.19. The highest BCUT2D eigenvalue weighted by Gasteiger charge is 2.26. The molecular weight excluding hydrogens is 499 g/mol. The van der Waals surface area contributed by atoms with E-state index in [1.54, 1.807) is 54.2 Å². The van der Waals surface area contributed by atoms with E-state index >= 15 is 0 Å². The van der Waals surface area contributed by atoms with E-state index in [9.17, 15) is 13.2 Å². The van der Waals surface area contributed by atoms with Crippen LogP contribution in [0.15, 0.2) is 83.8 Å². The molecule has 0 spiro atoms. The van der Waals surface area contributed by atoms with Gasteiger partial charge in [0.1, 0.15) is 6.54 Å². The largest absolute Gasteiger partial charge is 0.354 e. The normalized spacial score (nSPS) is 11.2. The van der Waals surface area contributed by atoms with Crippen molar-refractivity contribution in [2.45, 2.75) is 17.1 Å². The SMILES string of the molecule is O=C(CN(c1ccc(Cl)cc1)S(=O)(=O)c1ccccc1)NCCCSCc1ccc(Cl)cc1. The van der Waals surface area contributed by atoms with Crippen LogP contribution in [0.5, 0.6) is 0 Å². The summed E-state index contributed by atoms with van der Waals surface area (Å²) in [4.78, 5) is 12.7. The molecule has 33 heavy (non-hydrogen) atoms. The summed E-state index contributed by atoms with van der Waals surface area (Å²) in [6, 6.07) is 22.1. The molecule has 0 aliphatic carbocycles. The van der Waals surface area contributed by atoms with Gasteiger partial charge in [0.25, 0.3) is 10.0 Å². The molecule has 5 nitrogen and oxygen atoms in total. The van der Waals surface area contributed by atoms with Gasteiger partial charge in [-0.3, -0.25) is 9.10 Å². The second-order valence-corrected chi connectivity index (χ2v) is 11.0. The molecule has 0 unspecified atom stereocenters. The average Bonchev–Trinajstić information content (AvgIpc) is 2.82. The Morgan fingerprint density at radius 3 is 2.12 bits per heavy atom. The molecule has 3 aromatic rings. The summed E-state index contributed by atoms with van der Waals surface area (Å²) >= 11 is 13.6. The van der Waals surface area contributed by atoms with E-state index in [-0.39, 0.29) is 17.3 Å². The predicted octanol–water partition coefficient (Wildman–Crippen LogP) is 5.63.